The third-order valence-corrected chi connectivity index (χ3v) is 5.92. The first-order chi connectivity index (χ1) is 11.2. The van der Waals surface area contributed by atoms with Crippen LogP contribution in [0.3, 0.4) is 0 Å². The molecule has 0 aliphatic carbocycles. The Morgan fingerprint density at radius 2 is 1.87 bits per heavy atom. The van der Waals surface area contributed by atoms with Gasteiger partial charge in [0.05, 0.1) is 6.54 Å². The molecule has 3 aromatic rings. The van der Waals surface area contributed by atoms with Gasteiger partial charge in [-0.25, -0.2) is 4.57 Å². The third kappa shape index (κ3) is 2.74. The number of aromatic nitrogens is 2. The van der Waals surface area contributed by atoms with Crippen molar-refractivity contribution >= 4 is 27.7 Å². The van der Waals surface area contributed by atoms with Crippen molar-refractivity contribution in [3.8, 4) is 16.9 Å². The molecule has 0 unspecified atom stereocenters. The molecule has 0 atom stereocenters. The van der Waals surface area contributed by atoms with Gasteiger partial charge in [0.15, 0.2) is 5.69 Å². The zero-order valence-electron chi connectivity index (χ0n) is 13.0. The molecule has 0 spiro atoms. The first-order valence-corrected chi connectivity index (χ1v) is 9.62. The molecule has 4 rings (SSSR count). The lowest BCUT2D eigenvalue weighted by atomic mass is 10.1. The number of thioether (sulfide) groups is 1. The van der Waals surface area contributed by atoms with E-state index < -0.39 is 0 Å². The van der Waals surface area contributed by atoms with Gasteiger partial charge in [-0.05, 0) is 61.0 Å². The van der Waals surface area contributed by atoms with Crippen LogP contribution in [0.15, 0.2) is 64.4 Å². The van der Waals surface area contributed by atoms with Crippen LogP contribution < -0.4 is 4.57 Å². The van der Waals surface area contributed by atoms with Crippen molar-refractivity contribution in [2.75, 3.05) is 5.75 Å². The minimum absolute atomic E-state index is 1.10. The van der Waals surface area contributed by atoms with Crippen molar-refractivity contribution in [2.24, 2.45) is 0 Å². The molecule has 116 valence electrons. The van der Waals surface area contributed by atoms with Crippen molar-refractivity contribution in [2.45, 2.75) is 25.0 Å². The lowest BCUT2D eigenvalue weighted by molar-refractivity contribution is -0.734. The Bertz CT molecular complexity index is 852. The minimum atomic E-state index is 1.10. The van der Waals surface area contributed by atoms with E-state index in [9.17, 15) is 0 Å². The van der Waals surface area contributed by atoms with Crippen LogP contribution in [0.25, 0.3) is 16.9 Å². The predicted molar refractivity (Wildman–Crippen MR) is 99.2 cm³/mol. The van der Waals surface area contributed by atoms with E-state index in [1.54, 1.807) is 0 Å². The number of fused-ring (bicyclic) bond motifs is 1. The molecular formula is C19H18BrN2S+. The molecule has 2 heterocycles. The fourth-order valence-electron chi connectivity index (χ4n) is 3.07. The molecule has 4 heteroatoms. The SMILES string of the molecule is Cc1ccccc1-n1c(-c2ccc(Br)cc2)c[n+]2c1SCCC2. The van der Waals surface area contributed by atoms with Crippen LogP contribution in [0, 0.1) is 6.92 Å². The summed E-state index contributed by atoms with van der Waals surface area (Å²) in [5.41, 5.74) is 5.08. The number of para-hydroxylation sites is 1. The van der Waals surface area contributed by atoms with Gasteiger partial charge in [0.1, 0.15) is 11.9 Å². The molecule has 2 aromatic carbocycles. The van der Waals surface area contributed by atoms with Gasteiger partial charge in [0.2, 0.25) is 0 Å². The molecule has 1 aliphatic rings. The van der Waals surface area contributed by atoms with E-state index in [0.29, 0.717) is 0 Å². The third-order valence-electron chi connectivity index (χ3n) is 4.23. The molecular weight excluding hydrogens is 368 g/mol. The van der Waals surface area contributed by atoms with Gasteiger partial charge in [0.25, 0.3) is 0 Å². The van der Waals surface area contributed by atoms with E-state index >= 15 is 0 Å². The van der Waals surface area contributed by atoms with E-state index in [4.69, 9.17) is 0 Å². The van der Waals surface area contributed by atoms with Gasteiger partial charge in [-0.2, -0.15) is 4.57 Å². The van der Waals surface area contributed by atoms with E-state index in [1.165, 1.54) is 39.8 Å². The summed E-state index contributed by atoms with van der Waals surface area (Å²) in [6.45, 7) is 3.29. The second-order valence-electron chi connectivity index (χ2n) is 5.82. The standard InChI is InChI=1S/C19H18BrN2S/c1-14-5-2-3-6-17(14)22-18(15-7-9-16(20)10-8-15)13-21-11-4-12-23-19(21)22/h2-3,5-10,13H,4,11-12H2,1H3/q+1. The topological polar surface area (TPSA) is 8.81 Å². The Kier molecular flexibility index (Phi) is 4.04. The van der Waals surface area contributed by atoms with Crippen molar-refractivity contribution in [1.82, 2.24) is 4.57 Å². The Hall–Kier alpha value is -1.52. The number of aryl methyl sites for hydroxylation is 2. The predicted octanol–water partition coefficient (Wildman–Crippen LogP) is 5.00. The number of benzene rings is 2. The number of hydrogen-bond donors (Lipinski definition) is 0. The lowest BCUT2D eigenvalue weighted by Crippen LogP contribution is -2.37. The molecule has 0 N–H and O–H groups in total. The second-order valence-corrected chi connectivity index (χ2v) is 7.80. The fraction of sp³-hybridized carbons (Fsp3) is 0.211. The first kappa shape index (κ1) is 15.0. The summed E-state index contributed by atoms with van der Waals surface area (Å²) in [5, 5.41) is 1.34. The molecule has 0 fully saturated rings. The summed E-state index contributed by atoms with van der Waals surface area (Å²) in [4.78, 5) is 0. The summed E-state index contributed by atoms with van der Waals surface area (Å²) in [7, 11) is 0. The van der Waals surface area contributed by atoms with Gasteiger partial charge in [-0.1, -0.05) is 34.1 Å². The minimum Gasteiger partial charge on any atom is -0.224 e. The summed E-state index contributed by atoms with van der Waals surface area (Å²) in [6, 6.07) is 17.2. The summed E-state index contributed by atoms with van der Waals surface area (Å²) >= 11 is 5.49. The normalized spacial score (nSPS) is 13.8. The van der Waals surface area contributed by atoms with E-state index in [-0.39, 0.29) is 0 Å². The molecule has 23 heavy (non-hydrogen) atoms. The fourth-order valence-corrected chi connectivity index (χ4v) is 4.43. The number of halogens is 1. The molecule has 0 amide bonds. The number of rotatable bonds is 2. The van der Waals surface area contributed by atoms with Gasteiger partial charge in [0, 0.05) is 15.8 Å². The van der Waals surface area contributed by atoms with Crippen molar-refractivity contribution < 1.29 is 4.57 Å². The molecule has 1 aromatic heterocycles. The number of imidazole rings is 1. The van der Waals surface area contributed by atoms with Gasteiger partial charge in [-0.3, -0.25) is 0 Å². The van der Waals surface area contributed by atoms with Crippen LogP contribution in [-0.4, -0.2) is 10.3 Å². The smallest absolute Gasteiger partial charge is 0.224 e. The highest BCUT2D eigenvalue weighted by atomic mass is 79.9. The molecule has 0 saturated carbocycles. The monoisotopic (exact) mass is 385 g/mol. The summed E-state index contributed by atoms with van der Waals surface area (Å²) < 4.78 is 5.93. The Labute approximate surface area is 149 Å². The Morgan fingerprint density at radius 3 is 2.65 bits per heavy atom. The van der Waals surface area contributed by atoms with Crippen LogP contribution in [0.2, 0.25) is 0 Å². The highest BCUT2D eigenvalue weighted by Crippen LogP contribution is 2.32. The number of nitrogens with zero attached hydrogens (tertiary/aromatic N) is 2. The van der Waals surface area contributed by atoms with Crippen molar-refractivity contribution in [1.29, 1.82) is 0 Å². The van der Waals surface area contributed by atoms with Crippen LogP contribution in [0.1, 0.15) is 12.0 Å². The molecule has 0 bridgehead atoms. The average molecular weight is 386 g/mol. The maximum Gasteiger partial charge on any atom is 0.323 e. The average Bonchev–Trinajstić information content (AvgIpc) is 2.95. The Balaban J connectivity index is 1.97. The van der Waals surface area contributed by atoms with Crippen LogP contribution in [0.4, 0.5) is 0 Å². The van der Waals surface area contributed by atoms with Crippen LogP contribution in [0.5, 0.6) is 0 Å². The Morgan fingerprint density at radius 1 is 1.09 bits per heavy atom. The summed E-state index contributed by atoms with van der Waals surface area (Å²) in [5.74, 6) is 1.19. The van der Waals surface area contributed by atoms with E-state index in [2.05, 4.69) is 86.7 Å². The maximum atomic E-state index is 3.53. The lowest BCUT2D eigenvalue weighted by Gasteiger charge is -2.11. The van der Waals surface area contributed by atoms with Crippen LogP contribution in [-0.2, 0) is 6.54 Å². The highest BCUT2D eigenvalue weighted by Gasteiger charge is 2.29. The number of hydrogen-bond acceptors (Lipinski definition) is 1. The van der Waals surface area contributed by atoms with Gasteiger partial charge >= 0.3 is 5.16 Å². The van der Waals surface area contributed by atoms with E-state index in [0.717, 1.165) is 11.0 Å². The molecule has 0 saturated heterocycles. The maximum absolute atomic E-state index is 3.53. The van der Waals surface area contributed by atoms with Crippen molar-refractivity contribution in [3.63, 3.8) is 0 Å². The molecule has 2 nitrogen and oxygen atoms in total. The van der Waals surface area contributed by atoms with Crippen LogP contribution >= 0.6 is 27.7 Å². The van der Waals surface area contributed by atoms with Gasteiger partial charge < -0.3 is 0 Å². The zero-order valence-corrected chi connectivity index (χ0v) is 15.4. The molecule has 1 aliphatic heterocycles. The highest BCUT2D eigenvalue weighted by molar-refractivity contribution is 9.10. The zero-order chi connectivity index (χ0) is 15.8. The quantitative estimate of drug-likeness (QED) is 0.563. The largest absolute Gasteiger partial charge is 0.323 e. The van der Waals surface area contributed by atoms with Crippen molar-refractivity contribution in [3.05, 3.63) is 64.8 Å². The first-order valence-electron chi connectivity index (χ1n) is 7.84. The molecule has 0 radical (unpaired) electrons. The summed E-state index contributed by atoms with van der Waals surface area (Å²) in [6.07, 6.45) is 3.54. The second kappa shape index (κ2) is 6.17. The van der Waals surface area contributed by atoms with Gasteiger partial charge in [-0.15, -0.1) is 0 Å². The van der Waals surface area contributed by atoms with E-state index in [1.807, 2.05) is 11.8 Å².